The molecule has 1 fully saturated rings. The lowest BCUT2D eigenvalue weighted by Gasteiger charge is -2.32. The maximum Gasteiger partial charge on any atom is 0.324 e. The van der Waals surface area contributed by atoms with Gasteiger partial charge in [0.15, 0.2) is 0 Å². The fourth-order valence-corrected chi connectivity index (χ4v) is 2.73. The Morgan fingerprint density at radius 2 is 1.87 bits per heavy atom. The standard InChI is InChI=1S/C17H23N3O3/c1-3-19(4-2)16(22)12-20-15(21)11-14(18-17(20)23)10-13-8-6-5-7-9-13/h5-9,14H,3-4,10-12H2,1-2H3,(H,18,23)/t14-/m0/s1. The second kappa shape index (κ2) is 7.76. The molecule has 1 atom stereocenters. The summed E-state index contributed by atoms with van der Waals surface area (Å²) in [5.41, 5.74) is 1.07. The molecule has 2 rings (SSSR count). The second-order valence-electron chi connectivity index (χ2n) is 5.59. The smallest absolute Gasteiger partial charge is 0.324 e. The van der Waals surface area contributed by atoms with Crippen LogP contribution in [0.2, 0.25) is 0 Å². The van der Waals surface area contributed by atoms with Crippen molar-refractivity contribution in [1.82, 2.24) is 15.1 Å². The fraction of sp³-hybridized carbons (Fsp3) is 0.471. The third kappa shape index (κ3) is 4.31. The second-order valence-corrected chi connectivity index (χ2v) is 5.59. The number of likely N-dealkylation sites (N-methyl/N-ethyl adjacent to an activating group) is 1. The van der Waals surface area contributed by atoms with Gasteiger partial charge in [0.2, 0.25) is 11.8 Å². The highest BCUT2D eigenvalue weighted by molar-refractivity contribution is 6.00. The first-order valence-electron chi connectivity index (χ1n) is 7.97. The van der Waals surface area contributed by atoms with E-state index in [0.717, 1.165) is 10.5 Å². The average Bonchev–Trinajstić information content (AvgIpc) is 2.53. The van der Waals surface area contributed by atoms with Gasteiger partial charge in [0.1, 0.15) is 6.54 Å². The van der Waals surface area contributed by atoms with E-state index in [4.69, 9.17) is 0 Å². The molecule has 23 heavy (non-hydrogen) atoms. The number of carbonyl (C=O) groups excluding carboxylic acids is 3. The molecule has 0 aromatic heterocycles. The Balaban J connectivity index is 1.96. The molecule has 0 unspecified atom stereocenters. The first-order chi connectivity index (χ1) is 11.0. The van der Waals surface area contributed by atoms with Gasteiger partial charge in [-0.25, -0.2) is 4.79 Å². The molecule has 1 aliphatic rings. The summed E-state index contributed by atoms with van der Waals surface area (Å²) in [6.45, 7) is 4.68. The molecule has 0 spiro atoms. The summed E-state index contributed by atoms with van der Waals surface area (Å²) in [4.78, 5) is 39.1. The quantitative estimate of drug-likeness (QED) is 0.862. The van der Waals surface area contributed by atoms with Crippen LogP contribution < -0.4 is 5.32 Å². The van der Waals surface area contributed by atoms with E-state index in [1.807, 2.05) is 44.2 Å². The Morgan fingerprint density at radius 3 is 2.43 bits per heavy atom. The van der Waals surface area contributed by atoms with Crippen molar-refractivity contribution in [2.24, 2.45) is 0 Å². The maximum absolute atomic E-state index is 12.2. The highest BCUT2D eigenvalue weighted by atomic mass is 16.2. The zero-order valence-corrected chi connectivity index (χ0v) is 13.6. The van der Waals surface area contributed by atoms with E-state index >= 15 is 0 Å². The molecule has 1 aromatic rings. The summed E-state index contributed by atoms with van der Waals surface area (Å²) < 4.78 is 0. The number of rotatable bonds is 6. The molecule has 124 valence electrons. The van der Waals surface area contributed by atoms with Gasteiger partial charge in [-0.05, 0) is 25.8 Å². The molecule has 1 N–H and O–H groups in total. The van der Waals surface area contributed by atoms with Crippen LogP contribution in [0, 0.1) is 0 Å². The third-order valence-corrected chi connectivity index (χ3v) is 4.03. The van der Waals surface area contributed by atoms with E-state index in [0.29, 0.717) is 19.5 Å². The number of amides is 4. The van der Waals surface area contributed by atoms with Crippen LogP contribution in [0.4, 0.5) is 4.79 Å². The first kappa shape index (κ1) is 17.0. The summed E-state index contributed by atoms with van der Waals surface area (Å²) in [5.74, 6) is -0.504. The van der Waals surface area contributed by atoms with Gasteiger partial charge in [-0.2, -0.15) is 0 Å². The molecule has 6 heteroatoms. The van der Waals surface area contributed by atoms with E-state index < -0.39 is 6.03 Å². The molecule has 1 aromatic carbocycles. The number of urea groups is 1. The number of nitrogens with zero attached hydrogens (tertiary/aromatic N) is 2. The van der Waals surface area contributed by atoms with Crippen LogP contribution in [0.15, 0.2) is 30.3 Å². The van der Waals surface area contributed by atoms with Gasteiger partial charge in [0.25, 0.3) is 0 Å². The number of benzene rings is 1. The SMILES string of the molecule is CCN(CC)C(=O)CN1C(=O)C[C@H](Cc2ccccc2)NC1=O. The maximum atomic E-state index is 12.2. The van der Waals surface area contributed by atoms with Crippen molar-refractivity contribution in [3.8, 4) is 0 Å². The normalized spacial score (nSPS) is 17.8. The van der Waals surface area contributed by atoms with Crippen molar-refractivity contribution in [3.05, 3.63) is 35.9 Å². The van der Waals surface area contributed by atoms with E-state index in [1.54, 1.807) is 4.90 Å². The lowest BCUT2D eigenvalue weighted by Crippen LogP contribution is -2.57. The summed E-state index contributed by atoms with van der Waals surface area (Å²) in [5, 5.41) is 2.82. The molecular formula is C17H23N3O3. The van der Waals surface area contributed by atoms with Crippen LogP contribution in [0.1, 0.15) is 25.8 Å². The Kier molecular flexibility index (Phi) is 5.73. The van der Waals surface area contributed by atoms with Crippen molar-refractivity contribution in [2.75, 3.05) is 19.6 Å². The van der Waals surface area contributed by atoms with Crippen molar-refractivity contribution < 1.29 is 14.4 Å². The minimum atomic E-state index is -0.484. The Labute approximate surface area is 136 Å². The molecule has 0 bridgehead atoms. The summed E-state index contributed by atoms with van der Waals surface area (Å²) >= 11 is 0. The molecule has 6 nitrogen and oxygen atoms in total. The Bertz CT molecular complexity index is 552. The molecule has 1 aliphatic heterocycles. The van der Waals surface area contributed by atoms with Crippen molar-refractivity contribution in [3.63, 3.8) is 0 Å². The van der Waals surface area contributed by atoms with Gasteiger partial charge in [-0.3, -0.25) is 14.5 Å². The van der Waals surface area contributed by atoms with Crippen LogP contribution in [-0.4, -0.2) is 53.3 Å². The molecular weight excluding hydrogens is 294 g/mol. The molecule has 4 amide bonds. The summed E-state index contributed by atoms with van der Waals surface area (Å²) in [7, 11) is 0. The zero-order valence-electron chi connectivity index (χ0n) is 13.6. The lowest BCUT2D eigenvalue weighted by atomic mass is 10.0. The Morgan fingerprint density at radius 1 is 1.22 bits per heavy atom. The predicted molar refractivity (Wildman–Crippen MR) is 86.7 cm³/mol. The van der Waals surface area contributed by atoms with Gasteiger partial charge in [0.05, 0.1) is 0 Å². The number of hydrogen-bond acceptors (Lipinski definition) is 3. The molecule has 1 saturated heterocycles. The lowest BCUT2D eigenvalue weighted by molar-refractivity contribution is -0.139. The van der Waals surface area contributed by atoms with Gasteiger partial charge >= 0.3 is 6.03 Å². The van der Waals surface area contributed by atoms with Gasteiger partial charge in [-0.15, -0.1) is 0 Å². The third-order valence-electron chi connectivity index (χ3n) is 4.03. The largest absolute Gasteiger partial charge is 0.342 e. The summed E-state index contributed by atoms with van der Waals surface area (Å²) in [6, 6.07) is 9.00. The van der Waals surface area contributed by atoms with Gasteiger partial charge in [0, 0.05) is 25.6 Å². The number of imide groups is 1. The van der Waals surface area contributed by atoms with Crippen LogP contribution >= 0.6 is 0 Å². The minimum absolute atomic E-state index is 0.190. The zero-order chi connectivity index (χ0) is 16.8. The fourth-order valence-electron chi connectivity index (χ4n) is 2.73. The highest BCUT2D eigenvalue weighted by Gasteiger charge is 2.33. The van der Waals surface area contributed by atoms with E-state index in [2.05, 4.69) is 5.32 Å². The van der Waals surface area contributed by atoms with Crippen molar-refractivity contribution >= 4 is 17.8 Å². The van der Waals surface area contributed by atoms with Gasteiger partial charge < -0.3 is 10.2 Å². The van der Waals surface area contributed by atoms with Crippen LogP contribution in [0.25, 0.3) is 0 Å². The number of nitrogens with one attached hydrogen (secondary N) is 1. The van der Waals surface area contributed by atoms with Crippen molar-refractivity contribution in [2.45, 2.75) is 32.7 Å². The highest BCUT2D eigenvalue weighted by Crippen LogP contribution is 2.13. The predicted octanol–water partition coefficient (Wildman–Crippen LogP) is 1.41. The summed E-state index contributed by atoms with van der Waals surface area (Å²) in [6.07, 6.45) is 0.822. The van der Waals surface area contributed by atoms with Gasteiger partial charge in [-0.1, -0.05) is 30.3 Å². The Hall–Kier alpha value is -2.37. The van der Waals surface area contributed by atoms with Crippen molar-refractivity contribution in [1.29, 1.82) is 0 Å². The minimum Gasteiger partial charge on any atom is -0.342 e. The molecule has 0 radical (unpaired) electrons. The van der Waals surface area contributed by atoms with Crippen LogP contribution in [0.5, 0.6) is 0 Å². The van der Waals surface area contributed by atoms with E-state index in [-0.39, 0.29) is 30.8 Å². The van der Waals surface area contributed by atoms with E-state index in [1.165, 1.54) is 0 Å². The topological polar surface area (TPSA) is 69.7 Å². The molecule has 0 aliphatic carbocycles. The average molecular weight is 317 g/mol. The van der Waals surface area contributed by atoms with Crippen LogP contribution in [-0.2, 0) is 16.0 Å². The van der Waals surface area contributed by atoms with Crippen LogP contribution in [0.3, 0.4) is 0 Å². The molecule has 0 saturated carbocycles. The first-order valence-corrected chi connectivity index (χ1v) is 7.97. The molecule has 1 heterocycles. The number of hydrogen-bond donors (Lipinski definition) is 1. The van der Waals surface area contributed by atoms with E-state index in [9.17, 15) is 14.4 Å². The monoisotopic (exact) mass is 317 g/mol. The number of carbonyl (C=O) groups is 3.